The fraction of sp³-hybridized carbons (Fsp3) is 0.346. The molecule has 2 aromatic rings. The second kappa shape index (κ2) is 12.7. The molecular formula is C26H28F2N2O6. The first-order valence-electron chi connectivity index (χ1n) is 11.5. The summed E-state index contributed by atoms with van der Waals surface area (Å²) in [5.41, 5.74) is 1.45. The van der Waals surface area contributed by atoms with Crippen LogP contribution in [-0.4, -0.2) is 24.3 Å². The minimum absolute atomic E-state index is 0.0633. The lowest BCUT2D eigenvalue weighted by Gasteiger charge is -2.27. The molecule has 36 heavy (non-hydrogen) atoms. The molecule has 0 radical (unpaired) electrons. The Morgan fingerprint density at radius 3 is 2.42 bits per heavy atom. The number of carbonyl (C=O) groups excluding carboxylic acids is 1. The maximum atomic E-state index is 13.0. The minimum atomic E-state index is -3.14. The number of hydrogen-bond donors (Lipinski definition) is 1. The summed E-state index contributed by atoms with van der Waals surface area (Å²) in [6.45, 7) is 0.0181. The largest absolute Gasteiger partial charge is 0.513 e. The lowest BCUT2D eigenvalue weighted by molar-refractivity contribution is -0.431. The summed E-state index contributed by atoms with van der Waals surface area (Å²) < 4.78 is 41.2. The van der Waals surface area contributed by atoms with Crippen LogP contribution in [0.5, 0.6) is 5.75 Å². The van der Waals surface area contributed by atoms with Gasteiger partial charge >= 0.3 is 12.8 Å². The first-order chi connectivity index (χ1) is 17.3. The summed E-state index contributed by atoms with van der Waals surface area (Å²) >= 11 is 0. The van der Waals surface area contributed by atoms with Crippen molar-refractivity contribution in [2.75, 3.05) is 6.61 Å². The predicted octanol–water partition coefficient (Wildman–Crippen LogP) is 6.28. The standard InChI is InChI=1S/C26H28F2N2O6/c1-17-23(30(32)33)22(20-14-8-9-15-21(20)35-25(27)28)24(18(2)29-17)36-26(31)34-16-10-4-7-13-19-11-5-3-6-12-19/h3,5-6,8-9,11-12,14-15,22,25,29H,4,7,10,13,16H2,1-2H3. The Kier molecular flexibility index (Phi) is 9.38. The molecule has 0 bridgehead atoms. The van der Waals surface area contributed by atoms with Crippen LogP contribution in [0.3, 0.4) is 0 Å². The van der Waals surface area contributed by atoms with E-state index in [2.05, 4.69) is 22.2 Å². The average Bonchev–Trinajstić information content (AvgIpc) is 2.83. The number of rotatable bonds is 11. The molecule has 1 unspecified atom stereocenters. The molecule has 1 aliphatic heterocycles. The number of carbonyl (C=O) groups is 1. The molecule has 0 amide bonds. The van der Waals surface area contributed by atoms with Crippen LogP contribution in [0.15, 0.2) is 77.4 Å². The lowest BCUT2D eigenvalue weighted by Crippen LogP contribution is -2.30. The first-order valence-corrected chi connectivity index (χ1v) is 11.5. The van der Waals surface area contributed by atoms with Crippen molar-refractivity contribution < 1.29 is 32.7 Å². The molecule has 0 fully saturated rings. The fourth-order valence-electron chi connectivity index (χ4n) is 4.08. The summed E-state index contributed by atoms with van der Waals surface area (Å²) in [5, 5.41) is 14.7. The quantitative estimate of drug-likeness (QED) is 0.167. The molecule has 192 valence electrons. The number of allylic oxidation sites excluding steroid dienone is 2. The van der Waals surface area contributed by atoms with Gasteiger partial charge in [0.05, 0.1) is 22.9 Å². The van der Waals surface area contributed by atoms with Crippen LogP contribution in [0, 0.1) is 10.1 Å². The Morgan fingerprint density at radius 2 is 1.72 bits per heavy atom. The maximum absolute atomic E-state index is 13.0. The van der Waals surface area contributed by atoms with Gasteiger partial charge in [0.1, 0.15) is 17.4 Å². The Hall–Kier alpha value is -3.95. The average molecular weight is 503 g/mol. The normalized spacial score (nSPS) is 15.5. The highest BCUT2D eigenvalue weighted by molar-refractivity contribution is 5.63. The third kappa shape index (κ3) is 7.03. The van der Waals surface area contributed by atoms with E-state index in [4.69, 9.17) is 9.47 Å². The van der Waals surface area contributed by atoms with E-state index in [9.17, 15) is 23.7 Å². The van der Waals surface area contributed by atoms with Gasteiger partial charge in [0.25, 0.3) is 5.70 Å². The Morgan fingerprint density at radius 1 is 1.03 bits per heavy atom. The molecule has 0 saturated carbocycles. The fourth-order valence-corrected chi connectivity index (χ4v) is 4.08. The number of ether oxygens (including phenoxy) is 3. The number of nitro groups is 1. The van der Waals surface area contributed by atoms with Crippen molar-refractivity contribution in [1.29, 1.82) is 0 Å². The van der Waals surface area contributed by atoms with Gasteiger partial charge in [-0.3, -0.25) is 10.1 Å². The van der Waals surface area contributed by atoms with Gasteiger partial charge in [-0.05, 0) is 51.2 Å². The number of nitrogens with zero attached hydrogens (tertiary/aromatic N) is 1. The highest BCUT2D eigenvalue weighted by atomic mass is 19.3. The summed E-state index contributed by atoms with van der Waals surface area (Å²) in [5.74, 6) is -1.64. The van der Waals surface area contributed by atoms with Crippen molar-refractivity contribution in [3.05, 3.63) is 98.7 Å². The minimum Gasteiger partial charge on any atom is -0.435 e. The van der Waals surface area contributed by atoms with Gasteiger partial charge in [-0.2, -0.15) is 8.78 Å². The van der Waals surface area contributed by atoms with Crippen LogP contribution in [-0.2, 0) is 15.9 Å². The van der Waals surface area contributed by atoms with E-state index >= 15 is 0 Å². The van der Waals surface area contributed by atoms with Gasteiger partial charge < -0.3 is 19.5 Å². The molecule has 0 saturated heterocycles. The van der Waals surface area contributed by atoms with Gasteiger partial charge in [0, 0.05) is 5.56 Å². The summed E-state index contributed by atoms with van der Waals surface area (Å²) in [7, 11) is 0. The molecule has 0 spiro atoms. The van der Waals surface area contributed by atoms with Gasteiger partial charge in [-0.1, -0.05) is 48.5 Å². The predicted molar refractivity (Wildman–Crippen MR) is 128 cm³/mol. The van der Waals surface area contributed by atoms with Crippen molar-refractivity contribution in [3.63, 3.8) is 0 Å². The van der Waals surface area contributed by atoms with Crippen LogP contribution in [0.2, 0.25) is 0 Å². The monoisotopic (exact) mass is 502 g/mol. The number of nitrogens with one attached hydrogen (secondary N) is 1. The number of unbranched alkanes of at least 4 members (excludes halogenated alkanes) is 2. The van der Waals surface area contributed by atoms with E-state index in [1.165, 1.54) is 36.8 Å². The van der Waals surface area contributed by atoms with Gasteiger partial charge in [0.15, 0.2) is 0 Å². The Bertz CT molecular complexity index is 1130. The van der Waals surface area contributed by atoms with Crippen LogP contribution in [0.1, 0.15) is 50.2 Å². The van der Waals surface area contributed by atoms with E-state index < -0.39 is 23.6 Å². The molecule has 0 aliphatic carbocycles. The highest BCUT2D eigenvalue weighted by Crippen LogP contribution is 2.42. The second-order valence-corrected chi connectivity index (χ2v) is 8.23. The zero-order chi connectivity index (χ0) is 26.1. The molecule has 1 aliphatic rings. The number of para-hydroxylation sites is 1. The first kappa shape index (κ1) is 26.7. The number of alkyl halides is 2. The number of dihydropyridines is 1. The molecule has 1 N–H and O–H groups in total. The molecule has 1 heterocycles. The van der Waals surface area contributed by atoms with Crippen LogP contribution < -0.4 is 10.1 Å². The number of halogens is 2. The molecule has 10 heteroatoms. The van der Waals surface area contributed by atoms with E-state index in [1.54, 1.807) is 6.92 Å². The molecule has 8 nitrogen and oxygen atoms in total. The van der Waals surface area contributed by atoms with Crippen molar-refractivity contribution in [1.82, 2.24) is 5.32 Å². The van der Waals surface area contributed by atoms with E-state index in [0.29, 0.717) is 12.1 Å². The molecule has 0 aromatic heterocycles. The summed E-state index contributed by atoms with van der Waals surface area (Å²) in [6.07, 6.45) is 2.26. The highest BCUT2D eigenvalue weighted by Gasteiger charge is 2.41. The zero-order valence-corrected chi connectivity index (χ0v) is 20.0. The van der Waals surface area contributed by atoms with E-state index in [1.807, 2.05) is 18.2 Å². The molecule has 3 rings (SSSR count). The van der Waals surface area contributed by atoms with Crippen molar-refractivity contribution in [3.8, 4) is 5.75 Å². The van der Waals surface area contributed by atoms with Crippen molar-refractivity contribution in [2.45, 2.75) is 52.1 Å². The number of hydrogen-bond acceptors (Lipinski definition) is 7. The molecule has 1 atom stereocenters. The van der Waals surface area contributed by atoms with E-state index in [0.717, 1.165) is 19.3 Å². The Balaban J connectivity index is 1.69. The molecule has 2 aromatic carbocycles. The van der Waals surface area contributed by atoms with Crippen LogP contribution >= 0.6 is 0 Å². The topological polar surface area (TPSA) is 99.9 Å². The van der Waals surface area contributed by atoms with Gasteiger partial charge in [-0.15, -0.1) is 0 Å². The zero-order valence-electron chi connectivity index (χ0n) is 20.0. The summed E-state index contributed by atoms with van der Waals surface area (Å²) in [6, 6.07) is 15.7. The SMILES string of the molecule is CC1=C(OC(=O)OCCCCCc2ccccc2)C(c2ccccc2OC(F)F)C([N+](=O)[O-])=C(C)N1. The van der Waals surface area contributed by atoms with E-state index in [-0.39, 0.29) is 35.1 Å². The Labute approximate surface area is 207 Å². The lowest BCUT2D eigenvalue weighted by atomic mass is 9.89. The maximum Gasteiger partial charge on any atom is 0.513 e. The molecular weight excluding hydrogens is 474 g/mol. The number of aryl methyl sites for hydroxylation is 1. The summed E-state index contributed by atoms with van der Waals surface area (Å²) in [4.78, 5) is 23.7. The second-order valence-electron chi connectivity index (χ2n) is 8.23. The smallest absolute Gasteiger partial charge is 0.435 e. The van der Waals surface area contributed by atoms with Crippen molar-refractivity contribution >= 4 is 6.16 Å². The van der Waals surface area contributed by atoms with Crippen LogP contribution in [0.25, 0.3) is 0 Å². The third-order valence-electron chi connectivity index (χ3n) is 5.67. The van der Waals surface area contributed by atoms with Crippen molar-refractivity contribution in [2.24, 2.45) is 0 Å². The van der Waals surface area contributed by atoms with Crippen LogP contribution in [0.4, 0.5) is 13.6 Å². The van der Waals surface area contributed by atoms with Gasteiger partial charge in [-0.25, -0.2) is 4.79 Å². The third-order valence-corrected chi connectivity index (χ3v) is 5.67. The number of benzene rings is 2. The van der Waals surface area contributed by atoms with Gasteiger partial charge in [0.2, 0.25) is 0 Å².